The van der Waals surface area contributed by atoms with E-state index in [0.717, 1.165) is 25.0 Å². The number of carbonyl (C=O) groups excluding carboxylic acids is 1. The number of nitrogens with one attached hydrogen (secondary N) is 1. The molecule has 1 aliphatic heterocycles. The van der Waals surface area contributed by atoms with Crippen LogP contribution in [-0.4, -0.2) is 19.1 Å². The molecule has 2 aromatic rings. The highest BCUT2D eigenvalue weighted by Crippen LogP contribution is 2.33. The number of benzene rings is 2. The summed E-state index contributed by atoms with van der Waals surface area (Å²) in [6.07, 6.45) is 2.15. The fourth-order valence-corrected chi connectivity index (χ4v) is 3.18. The van der Waals surface area contributed by atoms with Crippen LogP contribution in [0.5, 0.6) is 0 Å². The lowest BCUT2D eigenvalue weighted by molar-refractivity contribution is -0.0272. The zero-order valence-electron chi connectivity index (χ0n) is 13.8. The van der Waals surface area contributed by atoms with Gasteiger partial charge in [-0.3, -0.25) is 4.79 Å². The summed E-state index contributed by atoms with van der Waals surface area (Å²) < 4.78 is 5.98. The summed E-state index contributed by atoms with van der Waals surface area (Å²) in [5, 5.41) is 3.06. The molecule has 2 atom stereocenters. The first-order valence-corrected chi connectivity index (χ1v) is 8.51. The van der Waals surface area contributed by atoms with Crippen molar-refractivity contribution in [3.63, 3.8) is 0 Å². The van der Waals surface area contributed by atoms with E-state index in [1.807, 2.05) is 42.5 Å². The molecule has 3 N–H and O–H groups in total. The number of nitrogens with two attached hydrogens (primary N) is 1. The molecule has 4 heteroatoms. The van der Waals surface area contributed by atoms with Gasteiger partial charge in [0.2, 0.25) is 0 Å². The molecule has 3 rings (SSSR count). The van der Waals surface area contributed by atoms with Crippen molar-refractivity contribution in [2.45, 2.75) is 25.5 Å². The lowest BCUT2D eigenvalue weighted by Crippen LogP contribution is -2.35. The van der Waals surface area contributed by atoms with Crippen molar-refractivity contribution in [1.82, 2.24) is 5.32 Å². The van der Waals surface area contributed by atoms with E-state index in [4.69, 9.17) is 10.5 Å². The van der Waals surface area contributed by atoms with Gasteiger partial charge < -0.3 is 15.8 Å². The van der Waals surface area contributed by atoms with Gasteiger partial charge >= 0.3 is 0 Å². The van der Waals surface area contributed by atoms with E-state index in [2.05, 4.69) is 17.4 Å². The van der Waals surface area contributed by atoms with Crippen molar-refractivity contribution < 1.29 is 9.53 Å². The van der Waals surface area contributed by atoms with Crippen molar-refractivity contribution >= 4 is 5.91 Å². The molecular formula is C20H24N2O2. The minimum absolute atomic E-state index is 0.0454. The quantitative estimate of drug-likeness (QED) is 0.888. The van der Waals surface area contributed by atoms with Crippen LogP contribution in [0.3, 0.4) is 0 Å². The smallest absolute Gasteiger partial charge is 0.251 e. The predicted octanol–water partition coefficient (Wildman–Crippen LogP) is 3.04. The second-order valence-electron chi connectivity index (χ2n) is 6.22. The Kier molecular flexibility index (Phi) is 5.62. The second-order valence-corrected chi connectivity index (χ2v) is 6.22. The fraction of sp³-hybridized carbons (Fsp3) is 0.350. The molecule has 1 aliphatic rings. The first kappa shape index (κ1) is 16.7. The predicted molar refractivity (Wildman–Crippen MR) is 94.5 cm³/mol. The van der Waals surface area contributed by atoms with Gasteiger partial charge in [0.05, 0.1) is 6.10 Å². The van der Waals surface area contributed by atoms with E-state index in [9.17, 15) is 4.79 Å². The van der Waals surface area contributed by atoms with Gasteiger partial charge in [0, 0.05) is 31.2 Å². The van der Waals surface area contributed by atoms with E-state index in [1.54, 1.807) is 0 Å². The van der Waals surface area contributed by atoms with Crippen LogP contribution in [0.4, 0.5) is 0 Å². The molecule has 1 saturated heterocycles. The van der Waals surface area contributed by atoms with Gasteiger partial charge in [-0.2, -0.15) is 0 Å². The molecular weight excluding hydrogens is 300 g/mol. The molecule has 0 radical (unpaired) electrons. The van der Waals surface area contributed by atoms with Crippen LogP contribution >= 0.6 is 0 Å². The number of hydrogen-bond acceptors (Lipinski definition) is 3. The highest BCUT2D eigenvalue weighted by molar-refractivity contribution is 5.94. The van der Waals surface area contributed by atoms with E-state index in [-0.39, 0.29) is 12.0 Å². The molecule has 1 amide bonds. The Morgan fingerprint density at radius 2 is 1.88 bits per heavy atom. The van der Waals surface area contributed by atoms with Crippen molar-refractivity contribution in [3.8, 4) is 0 Å². The van der Waals surface area contributed by atoms with Crippen molar-refractivity contribution in [2.75, 3.05) is 13.2 Å². The SMILES string of the molecule is NCc1ccc(C(=O)NCC2CCCOC2c2ccccc2)cc1. The molecule has 0 aromatic heterocycles. The molecule has 0 spiro atoms. The summed E-state index contributed by atoms with van der Waals surface area (Å²) in [7, 11) is 0. The van der Waals surface area contributed by atoms with Crippen LogP contribution < -0.4 is 11.1 Å². The lowest BCUT2D eigenvalue weighted by atomic mass is 9.89. The topological polar surface area (TPSA) is 64.4 Å². The fourth-order valence-electron chi connectivity index (χ4n) is 3.18. The Morgan fingerprint density at radius 3 is 2.58 bits per heavy atom. The third-order valence-electron chi connectivity index (χ3n) is 4.55. The first-order chi connectivity index (χ1) is 11.8. The Hall–Kier alpha value is -2.17. The average molecular weight is 324 g/mol. The minimum Gasteiger partial charge on any atom is -0.373 e. The molecule has 1 fully saturated rings. The second kappa shape index (κ2) is 8.08. The van der Waals surface area contributed by atoms with E-state index in [0.29, 0.717) is 24.6 Å². The molecule has 2 aromatic carbocycles. The Morgan fingerprint density at radius 1 is 1.12 bits per heavy atom. The highest BCUT2D eigenvalue weighted by Gasteiger charge is 2.27. The van der Waals surface area contributed by atoms with E-state index >= 15 is 0 Å². The van der Waals surface area contributed by atoms with Crippen molar-refractivity contribution in [1.29, 1.82) is 0 Å². The summed E-state index contributed by atoms with van der Waals surface area (Å²) in [6, 6.07) is 17.7. The number of hydrogen-bond donors (Lipinski definition) is 2. The molecule has 0 bridgehead atoms. The number of amides is 1. The van der Waals surface area contributed by atoms with Gasteiger partial charge in [-0.15, -0.1) is 0 Å². The maximum absolute atomic E-state index is 12.3. The molecule has 126 valence electrons. The van der Waals surface area contributed by atoms with Crippen LogP contribution in [0.2, 0.25) is 0 Å². The highest BCUT2D eigenvalue weighted by atomic mass is 16.5. The maximum atomic E-state index is 12.3. The Bertz CT molecular complexity index is 655. The van der Waals surface area contributed by atoms with Crippen molar-refractivity contribution in [3.05, 3.63) is 71.3 Å². The molecule has 1 heterocycles. The zero-order chi connectivity index (χ0) is 16.8. The summed E-state index contributed by atoms with van der Waals surface area (Å²) in [5.74, 6) is 0.254. The Labute approximate surface area is 143 Å². The zero-order valence-corrected chi connectivity index (χ0v) is 13.8. The van der Waals surface area contributed by atoms with Crippen LogP contribution in [0.15, 0.2) is 54.6 Å². The van der Waals surface area contributed by atoms with Gasteiger partial charge in [0.15, 0.2) is 0 Å². The summed E-state index contributed by atoms with van der Waals surface area (Å²) in [4.78, 5) is 12.3. The third-order valence-corrected chi connectivity index (χ3v) is 4.55. The van der Waals surface area contributed by atoms with Crippen LogP contribution in [-0.2, 0) is 11.3 Å². The minimum atomic E-state index is -0.0454. The third kappa shape index (κ3) is 4.02. The van der Waals surface area contributed by atoms with Gasteiger partial charge in [-0.05, 0) is 36.1 Å². The molecule has 2 unspecified atom stereocenters. The molecule has 4 nitrogen and oxygen atoms in total. The van der Waals surface area contributed by atoms with E-state index < -0.39 is 0 Å². The van der Waals surface area contributed by atoms with Gasteiger partial charge in [0.25, 0.3) is 5.91 Å². The monoisotopic (exact) mass is 324 g/mol. The normalized spacial score (nSPS) is 20.5. The van der Waals surface area contributed by atoms with E-state index in [1.165, 1.54) is 5.56 Å². The number of rotatable bonds is 5. The van der Waals surface area contributed by atoms with Crippen LogP contribution in [0.25, 0.3) is 0 Å². The van der Waals surface area contributed by atoms with Crippen LogP contribution in [0.1, 0.15) is 40.4 Å². The maximum Gasteiger partial charge on any atom is 0.251 e. The van der Waals surface area contributed by atoms with Gasteiger partial charge in [-0.25, -0.2) is 0 Å². The average Bonchev–Trinajstić information content (AvgIpc) is 2.67. The first-order valence-electron chi connectivity index (χ1n) is 8.51. The van der Waals surface area contributed by atoms with Gasteiger partial charge in [0.1, 0.15) is 0 Å². The largest absolute Gasteiger partial charge is 0.373 e. The Balaban J connectivity index is 1.62. The molecule has 0 saturated carbocycles. The number of ether oxygens (including phenoxy) is 1. The van der Waals surface area contributed by atoms with Gasteiger partial charge in [-0.1, -0.05) is 42.5 Å². The summed E-state index contributed by atoms with van der Waals surface area (Å²) in [6.45, 7) is 1.89. The summed E-state index contributed by atoms with van der Waals surface area (Å²) >= 11 is 0. The van der Waals surface area contributed by atoms with Crippen molar-refractivity contribution in [2.24, 2.45) is 11.7 Å². The lowest BCUT2D eigenvalue weighted by Gasteiger charge is -2.32. The molecule has 0 aliphatic carbocycles. The standard InChI is InChI=1S/C20H24N2O2/c21-13-15-8-10-17(11-9-15)20(23)22-14-18-7-4-12-24-19(18)16-5-2-1-3-6-16/h1-3,5-6,8-11,18-19H,4,7,12-14,21H2,(H,22,23). The summed E-state index contributed by atoms with van der Waals surface area (Å²) in [5.41, 5.74) is 8.46. The van der Waals surface area contributed by atoms with Crippen LogP contribution in [0, 0.1) is 5.92 Å². The molecule has 24 heavy (non-hydrogen) atoms. The number of carbonyl (C=O) groups is 1.